The Hall–Kier alpha value is -3.57. The molecule has 0 unspecified atom stereocenters. The average Bonchev–Trinajstić information content (AvgIpc) is 2.77. The van der Waals surface area contributed by atoms with Crippen molar-refractivity contribution in [3.05, 3.63) is 57.6 Å². The Morgan fingerprint density at radius 3 is 2.52 bits per heavy atom. The lowest BCUT2D eigenvalue weighted by Crippen LogP contribution is -2.36. The molecule has 29 heavy (non-hydrogen) atoms. The Morgan fingerprint density at radius 1 is 1.17 bits per heavy atom. The maximum absolute atomic E-state index is 11.6. The van der Waals surface area contributed by atoms with Gasteiger partial charge in [0.2, 0.25) is 0 Å². The molecule has 0 aromatic heterocycles. The van der Waals surface area contributed by atoms with Crippen LogP contribution in [-0.2, 0) is 4.74 Å². The zero-order valence-electron chi connectivity index (χ0n) is 16.3. The number of nitro benzene ring substituents is 1. The first-order valence-corrected chi connectivity index (χ1v) is 9.02. The Balaban J connectivity index is 1.98. The van der Waals surface area contributed by atoms with E-state index in [-0.39, 0.29) is 5.69 Å². The number of allylic oxidation sites excluding steroid dienone is 1. The molecule has 0 radical (unpaired) electrons. The molecular weight excluding hydrogens is 374 g/mol. The Labute approximate surface area is 168 Å². The first-order chi connectivity index (χ1) is 14.1. The molecule has 3 rings (SSSR count). The topological polar surface area (TPSA) is 97.9 Å². The van der Waals surface area contributed by atoms with Crippen molar-refractivity contribution in [1.82, 2.24) is 0 Å². The predicted octanol–water partition coefficient (Wildman–Crippen LogP) is 3.51. The fourth-order valence-electron chi connectivity index (χ4n) is 3.20. The molecule has 8 heteroatoms. The van der Waals surface area contributed by atoms with Gasteiger partial charge in [0.15, 0.2) is 11.5 Å². The molecule has 2 aromatic rings. The van der Waals surface area contributed by atoms with Gasteiger partial charge in [0, 0.05) is 19.2 Å². The smallest absolute Gasteiger partial charge is 0.293 e. The van der Waals surface area contributed by atoms with Gasteiger partial charge in [0.25, 0.3) is 5.69 Å². The van der Waals surface area contributed by atoms with Crippen molar-refractivity contribution >= 4 is 23.0 Å². The van der Waals surface area contributed by atoms with E-state index in [4.69, 9.17) is 14.2 Å². The van der Waals surface area contributed by atoms with Crippen molar-refractivity contribution in [2.45, 2.75) is 0 Å². The Bertz CT molecular complexity index is 975. The summed E-state index contributed by atoms with van der Waals surface area (Å²) in [5.74, 6) is 1.05. The summed E-state index contributed by atoms with van der Waals surface area (Å²) < 4.78 is 15.8. The van der Waals surface area contributed by atoms with Crippen LogP contribution in [0.25, 0.3) is 11.6 Å². The van der Waals surface area contributed by atoms with E-state index in [1.165, 1.54) is 20.3 Å². The van der Waals surface area contributed by atoms with Crippen molar-refractivity contribution < 1.29 is 19.1 Å². The molecule has 2 aromatic carbocycles. The number of hydrogen-bond donors (Lipinski definition) is 0. The van der Waals surface area contributed by atoms with E-state index in [2.05, 4.69) is 6.07 Å². The second-order valence-corrected chi connectivity index (χ2v) is 6.34. The maximum Gasteiger partial charge on any atom is 0.293 e. The summed E-state index contributed by atoms with van der Waals surface area (Å²) in [4.78, 5) is 13.2. The molecule has 1 saturated heterocycles. The van der Waals surface area contributed by atoms with Gasteiger partial charge in [-0.3, -0.25) is 10.1 Å². The maximum atomic E-state index is 11.6. The van der Waals surface area contributed by atoms with Gasteiger partial charge < -0.3 is 19.1 Å². The second kappa shape index (κ2) is 9.08. The van der Waals surface area contributed by atoms with Gasteiger partial charge in [0.05, 0.1) is 44.0 Å². The van der Waals surface area contributed by atoms with Gasteiger partial charge in [-0.25, -0.2) is 0 Å². The fourth-order valence-corrected chi connectivity index (χ4v) is 3.20. The van der Waals surface area contributed by atoms with Crippen LogP contribution in [0.1, 0.15) is 11.1 Å². The van der Waals surface area contributed by atoms with Crippen molar-refractivity contribution in [2.75, 3.05) is 45.4 Å². The average molecular weight is 395 g/mol. The molecule has 0 N–H and O–H groups in total. The highest BCUT2D eigenvalue weighted by molar-refractivity contribution is 5.91. The minimum absolute atomic E-state index is 0.00486. The number of nitrogens with zero attached hydrogens (tertiary/aromatic N) is 3. The minimum atomic E-state index is -0.398. The van der Waals surface area contributed by atoms with Crippen LogP contribution >= 0.6 is 0 Å². The number of nitriles is 1. The fraction of sp³-hybridized carbons (Fsp3) is 0.286. The van der Waals surface area contributed by atoms with Crippen LogP contribution in [0, 0.1) is 21.4 Å². The lowest BCUT2D eigenvalue weighted by atomic mass is 10.0. The summed E-state index contributed by atoms with van der Waals surface area (Å²) >= 11 is 0. The van der Waals surface area contributed by atoms with Gasteiger partial charge in [0.1, 0.15) is 5.69 Å². The van der Waals surface area contributed by atoms with Crippen LogP contribution in [0.5, 0.6) is 11.5 Å². The molecule has 1 aliphatic rings. The van der Waals surface area contributed by atoms with E-state index < -0.39 is 4.92 Å². The Morgan fingerprint density at radius 2 is 1.90 bits per heavy atom. The van der Waals surface area contributed by atoms with Crippen LogP contribution in [0.2, 0.25) is 0 Å². The SMILES string of the molecule is COc1ccc(/C(C#N)=C/c2ccc(N3CCOCC3)c([N+](=O)[O-])c2)cc1OC. The largest absolute Gasteiger partial charge is 0.493 e. The Kier molecular flexibility index (Phi) is 6.32. The molecule has 0 saturated carbocycles. The zero-order valence-corrected chi connectivity index (χ0v) is 16.3. The number of methoxy groups -OCH3 is 2. The molecule has 1 heterocycles. The molecule has 1 aliphatic heterocycles. The summed E-state index contributed by atoms with van der Waals surface area (Å²) in [5, 5.41) is 21.2. The highest BCUT2D eigenvalue weighted by atomic mass is 16.6. The molecule has 150 valence electrons. The van der Waals surface area contributed by atoms with Crippen molar-refractivity contribution in [1.29, 1.82) is 5.26 Å². The normalized spacial score (nSPS) is 14.2. The highest BCUT2D eigenvalue weighted by Gasteiger charge is 2.21. The zero-order chi connectivity index (χ0) is 20.8. The van der Waals surface area contributed by atoms with E-state index >= 15 is 0 Å². The molecule has 0 aliphatic carbocycles. The number of benzene rings is 2. The highest BCUT2D eigenvalue weighted by Crippen LogP contribution is 2.33. The monoisotopic (exact) mass is 395 g/mol. The number of nitro groups is 1. The quantitative estimate of drug-likeness (QED) is 0.319. The summed E-state index contributed by atoms with van der Waals surface area (Å²) in [5.41, 5.74) is 2.12. The first kappa shape index (κ1) is 20.2. The minimum Gasteiger partial charge on any atom is -0.493 e. The number of anilines is 1. The molecule has 8 nitrogen and oxygen atoms in total. The van der Waals surface area contributed by atoms with Crippen LogP contribution in [0.3, 0.4) is 0 Å². The van der Waals surface area contributed by atoms with Gasteiger partial charge in [-0.15, -0.1) is 0 Å². The summed E-state index contributed by atoms with van der Waals surface area (Å²) in [6.45, 7) is 2.28. The standard InChI is InChI=1S/C21H21N3O5/c1-27-20-6-4-16(13-21(20)28-2)17(14-22)11-15-3-5-18(19(12-15)24(25)26)23-7-9-29-10-8-23/h3-6,11-13H,7-10H2,1-2H3/b17-11+. The number of rotatable bonds is 6. The number of ether oxygens (including phenoxy) is 3. The molecule has 0 spiro atoms. The third-order valence-corrected chi connectivity index (χ3v) is 4.67. The van der Waals surface area contributed by atoms with E-state index in [0.29, 0.717) is 60.2 Å². The predicted molar refractivity (Wildman–Crippen MR) is 109 cm³/mol. The number of hydrogen-bond acceptors (Lipinski definition) is 7. The second-order valence-electron chi connectivity index (χ2n) is 6.34. The van der Waals surface area contributed by atoms with Crippen LogP contribution < -0.4 is 14.4 Å². The first-order valence-electron chi connectivity index (χ1n) is 9.02. The van der Waals surface area contributed by atoms with E-state index in [1.54, 1.807) is 36.4 Å². The molecule has 0 amide bonds. The van der Waals surface area contributed by atoms with Crippen molar-refractivity contribution in [3.8, 4) is 17.6 Å². The van der Waals surface area contributed by atoms with Gasteiger partial charge >= 0.3 is 0 Å². The van der Waals surface area contributed by atoms with E-state index in [0.717, 1.165) is 0 Å². The van der Waals surface area contributed by atoms with Crippen molar-refractivity contribution in [3.63, 3.8) is 0 Å². The van der Waals surface area contributed by atoms with Gasteiger partial charge in [-0.2, -0.15) is 5.26 Å². The molecule has 1 fully saturated rings. The van der Waals surface area contributed by atoms with E-state index in [1.807, 2.05) is 4.90 Å². The molecule has 0 atom stereocenters. The molecule has 0 bridgehead atoms. The summed E-state index contributed by atoms with van der Waals surface area (Å²) in [6, 6.07) is 12.3. The van der Waals surface area contributed by atoms with Crippen LogP contribution in [0.15, 0.2) is 36.4 Å². The summed E-state index contributed by atoms with van der Waals surface area (Å²) in [6.07, 6.45) is 1.62. The molecular formula is C21H21N3O5. The third kappa shape index (κ3) is 4.47. The van der Waals surface area contributed by atoms with Crippen molar-refractivity contribution in [2.24, 2.45) is 0 Å². The van der Waals surface area contributed by atoms with E-state index in [9.17, 15) is 15.4 Å². The van der Waals surface area contributed by atoms with Gasteiger partial charge in [-0.05, 0) is 41.5 Å². The lowest BCUT2D eigenvalue weighted by molar-refractivity contribution is -0.384. The third-order valence-electron chi connectivity index (χ3n) is 4.67. The van der Waals surface area contributed by atoms with Crippen LogP contribution in [-0.4, -0.2) is 45.4 Å². The lowest BCUT2D eigenvalue weighted by Gasteiger charge is -2.28. The van der Waals surface area contributed by atoms with Crippen LogP contribution in [0.4, 0.5) is 11.4 Å². The summed E-state index contributed by atoms with van der Waals surface area (Å²) in [7, 11) is 3.05. The number of morpholine rings is 1. The van der Waals surface area contributed by atoms with Gasteiger partial charge in [-0.1, -0.05) is 6.07 Å².